The van der Waals surface area contributed by atoms with E-state index < -0.39 is 6.61 Å². The van der Waals surface area contributed by atoms with Crippen molar-refractivity contribution in [1.29, 1.82) is 0 Å². The Hall–Kier alpha value is -1.60. The zero-order chi connectivity index (χ0) is 13.4. The molecule has 0 aliphatic carbocycles. The molecule has 0 saturated heterocycles. The van der Waals surface area contributed by atoms with E-state index in [1.807, 2.05) is 6.92 Å². The number of benzene rings is 1. The lowest BCUT2D eigenvalue weighted by molar-refractivity contribution is -0.0498. The highest BCUT2D eigenvalue weighted by atomic mass is 19.3. The molecule has 1 aromatic carbocycles. The lowest BCUT2D eigenvalue weighted by Gasteiger charge is -2.16. The summed E-state index contributed by atoms with van der Waals surface area (Å²) in [5, 5.41) is 3.30. The van der Waals surface area contributed by atoms with Crippen molar-refractivity contribution in [2.24, 2.45) is 0 Å². The summed E-state index contributed by atoms with van der Waals surface area (Å²) in [4.78, 5) is 0. The van der Waals surface area contributed by atoms with Gasteiger partial charge in [-0.3, -0.25) is 0 Å². The summed E-state index contributed by atoms with van der Waals surface area (Å²) >= 11 is 0. The van der Waals surface area contributed by atoms with Gasteiger partial charge in [-0.2, -0.15) is 8.78 Å². The molecule has 1 aromatic rings. The maximum absolute atomic E-state index is 12.0. The molecule has 1 atom stereocenters. The molecule has 18 heavy (non-hydrogen) atoms. The SMILES string of the molecule is CC#CCC(NCC)c1ccc(OC(F)F)cc1. The Balaban J connectivity index is 2.75. The van der Waals surface area contributed by atoms with Crippen molar-refractivity contribution >= 4 is 0 Å². The maximum atomic E-state index is 12.0. The minimum absolute atomic E-state index is 0.114. The van der Waals surface area contributed by atoms with Gasteiger partial charge in [0, 0.05) is 12.5 Å². The number of nitrogens with one attached hydrogen (secondary N) is 1. The average Bonchev–Trinajstić information content (AvgIpc) is 2.35. The average molecular weight is 253 g/mol. The van der Waals surface area contributed by atoms with Crippen LogP contribution in [0.3, 0.4) is 0 Å². The molecule has 0 aliphatic rings. The van der Waals surface area contributed by atoms with Gasteiger partial charge in [0.2, 0.25) is 0 Å². The summed E-state index contributed by atoms with van der Waals surface area (Å²) in [6.45, 7) is 1.85. The number of alkyl halides is 2. The van der Waals surface area contributed by atoms with E-state index in [1.165, 1.54) is 0 Å². The molecule has 4 heteroatoms. The first kappa shape index (κ1) is 14.5. The van der Waals surface area contributed by atoms with Gasteiger partial charge in [-0.1, -0.05) is 19.1 Å². The van der Waals surface area contributed by atoms with E-state index in [-0.39, 0.29) is 11.8 Å². The highest BCUT2D eigenvalue weighted by Crippen LogP contribution is 2.21. The number of hydrogen-bond donors (Lipinski definition) is 1. The van der Waals surface area contributed by atoms with Crippen molar-refractivity contribution in [3.05, 3.63) is 29.8 Å². The van der Waals surface area contributed by atoms with Crippen LogP contribution in [0.2, 0.25) is 0 Å². The normalized spacial score (nSPS) is 11.8. The molecule has 2 nitrogen and oxygen atoms in total. The van der Waals surface area contributed by atoms with Gasteiger partial charge in [-0.05, 0) is 31.2 Å². The van der Waals surface area contributed by atoms with Crippen molar-refractivity contribution < 1.29 is 13.5 Å². The Morgan fingerprint density at radius 3 is 2.44 bits per heavy atom. The number of ether oxygens (including phenoxy) is 1. The van der Waals surface area contributed by atoms with Gasteiger partial charge in [0.05, 0.1) is 0 Å². The summed E-state index contributed by atoms with van der Waals surface area (Å²) in [7, 11) is 0. The third-order valence-corrected chi connectivity index (χ3v) is 2.44. The van der Waals surface area contributed by atoms with Crippen LogP contribution in [-0.2, 0) is 0 Å². The zero-order valence-corrected chi connectivity index (χ0v) is 10.5. The van der Waals surface area contributed by atoms with Crippen LogP contribution in [0.25, 0.3) is 0 Å². The van der Waals surface area contributed by atoms with Crippen LogP contribution in [0.15, 0.2) is 24.3 Å². The number of hydrogen-bond acceptors (Lipinski definition) is 2. The summed E-state index contributed by atoms with van der Waals surface area (Å²) in [6, 6.07) is 6.77. The predicted octanol–water partition coefficient (Wildman–Crippen LogP) is 3.35. The molecule has 0 spiro atoms. The van der Waals surface area contributed by atoms with Gasteiger partial charge in [-0.15, -0.1) is 11.8 Å². The second-order valence-corrected chi connectivity index (χ2v) is 3.69. The van der Waals surface area contributed by atoms with Gasteiger partial charge in [0.1, 0.15) is 5.75 Å². The maximum Gasteiger partial charge on any atom is 0.387 e. The van der Waals surface area contributed by atoms with E-state index in [4.69, 9.17) is 0 Å². The Labute approximate surface area is 106 Å². The van der Waals surface area contributed by atoms with Crippen molar-refractivity contribution in [3.63, 3.8) is 0 Å². The molecule has 0 aliphatic heterocycles. The van der Waals surface area contributed by atoms with Gasteiger partial charge in [0.25, 0.3) is 0 Å². The zero-order valence-electron chi connectivity index (χ0n) is 10.5. The van der Waals surface area contributed by atoms with Crippen LogP contribution in [0.5, 0.6) is 5.75 Å². The third kappa shape index (κ3) is 4.72. The summed E-state index contributed by atoms with van der Waals surface area (Å²) in [5.41, 5.74) is 1.02. The van der Waals surface area contributed by atoms with Crippen LogP contribution in [-0.4, -0.2) is 13.2 Å². The van der Waals surface area contributed by atoms with Gasteiger partial charge < -0.3 is 10.1 Å². The monoisotopic (exact) mass is 253 g/mol. The Kier molecular flexibility index (Phi) is 6.16. The van der Waals surface area contributed by atoms with Gasteiger partial charge >= 0.3 is 6.61 Å². The molecule has 1 unspecified atom stereocenters. The summed E-state index contributed by atoms with van der Waals surface area (Å²) in [6.07, 6.45) is 0.694. The van der Waals surface area contributed by atoms with Crippen LogP contribution in [0.1, 0.15) is 31.9 Å². The molecule has 98 valence electrons. The van der Waals surface area contributed by atoms with Gasteiger partial charge in [0.15, 0.2) is 0 Å². The van der Waals surface area contributed by atoms with Crippen LogP contribution < -0.4 is 10.1 Å². The third-order valence-electron chi connectivity index (χ3n) is 2.44. The first-order chi connectivity index (χ1) is 8.67. The van der Waals surface area contributed by atoms with E-state index in [9.17, 15) is 8.78 Å². The number of rotatable bonds is 6. The standard InChI is InChI=1S/C14H17F2NO/c1-3-5-6-13(17-4-2)11-7-9-12(10-8-11)18-14(15)16/h7-10,13-14,17H,4,6H2,1-2H3. The first-order valence-electron chi connectivity index (χ1n) is 5.85. The van der Waals surface area contributed by atoms with E-state index in [0.717, 1.165) is 12.1 Å². The predicted molar refractivity (Wildman–Crippen MR) is 67.6 cm³/mol. The van der Waals surface area contributed by atoms with Gasteiger partial charge in [-0.25, -0.2) is 0 Å². The van der Waals surface area contributed by atoms with Crippen LogP contribution in [0, 0.1) is 11.8 Å². The highest BCUT2D eigenvalue weighted by Gasteiger charge is 2.10. The van der Waals surface area contributed by atoms with E-state index >= 15 is 0 Å². The van der Waals surface area contributed by atoms with E-state index in [0.29, 0.717) is 6.42 Å². The fraction of sp³-hybridized carbons (Fsp3) is 0.429. The smallest absolute Gasteiger partial charge is 0.387 e. The molecule has 0 radical (unpaired) electrons. The second kappa shape index (κ2) is 7.67. The lowest BCUT2D eigenvalue weighted by Crippen LogP contribution is -2.20. The lowest BCUT2D eigenvalue weighted by atomic mass is 10.0. The van der Waals surface area contributed by atoms with Crippen LogP contribution >= 0.6 is 0 Å². The van der Waals surface area contributed by atoms with Crippen LogP contribution in [0.4, 0.5) is 8.78 Å². The fourth-order valence-corrected chi connectivity index (χ4v) is 1.64. The molecule has 0 aromatic heterocycles. The minimum Gasteiger partial charge on any atom is -0.435 e. The molecular formula is C14H17F2NO. The van der Waals surface area contributed by atoms with E-state index in [1.54, 1.807) is 31.2 Å². The Bertz CT molecular complexity index is 406. The quantitative estimate of drug-likeness (QED) is 0.785. The molecule has 0 fully saturated rings. The summed E-state index contributed by atoms with van der Waals surface area (Å²) < 4.78 is 28.3. The van der Waals surface area contributed by atoms with Crippen molar-refractivity contribution in [1.82, 2.24) is 5.32 Å². The second-order valence-electron chi connectivity index (χ2n) is 3.69. The van der Waals surface area contributed by atoms with Crippen molar-refractivity contribution in [2.75, 3.05) is 6.54 Å². The molecule has 1 rings (SSSR count). The highest BCUT2D eigenvalue weighted by molar-refractivity contribution is 5.30. The molecular weight excluding hydrogens is 236 g/mol. The Morgan fingerprint density at radius 2 is 1.94 bits per heavy atom. The van der Waals surface area contributed by atoms with E-state index in [2.05, 4.69) is 21.9 Å². The molecule has 0 bridgehead atoms. The van der Waals surface area contributed by atoms with Crippen molar-refractivity contribution in [2.45, 2.75) is 32.9 Å². The number of halogens is 2. The molecule has 1 N–H and O–H groups in total. The molecule has 0 saturated carbocycles. The topological polar surface area (TPSA) is 21.3 Å². The summed E-state index contributed by atoms with van der Waals surface area (Å²) in [5.74, 6) is 6.04. The molecule has 0 heterocycles. The molecule has 0 amide bonds. The first-order valence-corrected chi connectivity index (χ1v) is 5.85. The fourth-order valence-electron chi connectivity index (χ4n) is 1.64. The minimum atomic E-state index is -2.79. The Morgan fingerprint density at radius 1 is 1.28 bits per heavy atom. The largest absolute Gasteiger partial charge is 0.435 e. The van der Waals surface area contributed by atoms with Crippen molar-refractivity contribution in [3.8, 4) is 17.6 Å².